The molecule has 2 unspecified atom stereocenters. The molecule has 0 spiro atoms. The first-order valence-corrected chi connectivity index (χ1v) is 6.87. The molecule has 0 aromatic heterocycles. The van der Waals surface area contributed by atoms with Crippen LogP contribution in [0.5, 0.6) is 0 Å². The summed E-state index contributed by atoms with van der Waals surface area (Å²) in [4.78, 5) is 0. The topological polar surface area (TPSA) is 26.0 Å². The van der Waals surface area contributed by atoms with Gasteiger partial charge in [0, 0.05) is 11.1 Å². The van der Waals surface area contributed by atoms with E-state index in [1.165, 1.54) is 17.1 Å². The van der Waals surface area contributed by atoms with Gasteiger partial charge in [-0.15, -0.1) is 0 Å². The molecular weight excluding hydrogens is 226 g/mol. The van der Waals surface area contributed by atoms with Gasteiger partial charge in [-0.25, -0.2) is 0 Å². The Balaban J connectivity index is 1.98. The maximum absolute atomic E-state index is 6.12. The van der Waals surface area contributed by atoms with Crippen LogP contribution >= 0.6 is 23.4 Å². The van der Waals surface area contributed by atoms with Crippen LogP contribution in [0.1, 0.15) is 12.0 Å². The lowest BCUT2D eigenvalue weighted by molar-refractivity contribution is 0.441. The minimum absolute atomic E-state index is 0.377. The number of rotatable bonds is 2. The Morgan fingerprint density at radius 2 is 2.07 bits per heavy atom. The third-order valence-electron chi connectivity index (χ3n) is 2.94. The van der Waals surface area contributed by atoms with Gasteiger partial charge in [-0.2, -0.15) is 11.8 Å². The summed E-state index contributed by atoms with van der Waals surface area (Å²) in [6, 6.07) is 8.50. The van der Waals surface area contributed by atoms with Crippen molar-refractivity contribution in [1.29, 1.82) is 0 Å². The number of thioether (sulfide) groups is 1. The molecule has 0 saturated carbocycles. The average molecular weight is 242 g/mol. The lowest BCUT2D eigenvalue weighted by atomic mass is 9.92. The molecule has 1 aromatic carbocycles. The normalized spacial score (nSPS) is 26.5. The molecule has 1 saturated heterocycles. The summed E-state index contributed by atoms with van der Waals surface area (Å²) in [5, 5.41) is 0.807. The predicted octanol–water partition coefficient (Wildman–Crippen LogP) is 2.96. The van der Waals surface area contributed by atoms with Crippen LogP contribution in [-0.2, 0) is 6.42 Å². The van der Waals surface area contributed by atoms with E-state index in [1.54, 1.807) is 0 Å². The van der Waals surface area contributed by atoms with Crippen molar-refractivity contribution in [2.24, 2.45) is 11.7 Å². The monoisotopic (exact) mass is 241 g/mol. The molecular formula is C12H16ClNS. The van der Waals surface area contributed by atoms with Gasteiger partial charge in [0.1, 0.15) is 0 Å². The fourth-order valence-corrected chi connectivity index (χ4v) is 3.35. The van der Waals surface area contributed by atoms with Gasteiger partial charge in [-0.05, 0) is 48.0 Å². The molecule has 2 N–H and O–H groups in total. The van der Waals surface area contributed by atoms with E-state index in [4.69, 9.17) is 17.3 Å². The summed E-state index contributed by atoms with van der Waals surface area (Å²) < 4.78 is 0. The van der Waals surface area contributed by atoms with Crippen LogP contribution in [0.15, 0.2) is 24.3 Å². The molecule has 2 rings (SSSR count). The standard InChI is InChI=1S/C12H16ClNS/c13-11-3-1-9(2-4-11)7-10-8-15-6-5-12(10)14/h1-4,10,12H,5-8,14H2. The van der Waals surface area contributed by atoms with Crippen LogP contribution in [0.2, 0.25) is 5.02 Å². The largest absolute Gasteiger partial charge is 0.327 e. The van der Waals surface area contributed by atoms with E-state index in [0.29, 0.717) is 12.0 Å². The molecule has 1 aliphatic rings. The second kappa shape index (κ2) is 5.24. The Bertz CT molecular complexity index is 312. The third kappa shape index (κ3) is 3.13. The van der Waals surface area contributed by atoms with E-state index in [-0.39, 0.29) is 0 Å². The van der Waals surface area contributed by atoms with Gasteiger partial charge in [0.05, 0.1) is 0 Å². The van der Waals surface area contributed by atoms with Gasteiger partial charge >= 0.3 is 0 Å². The van der Waals surface area contributed by atoms with Crippen molar-refractivity contribution in [2.45, 2.75) is 18.9 Å². The molecule has 3 heteroatoms. The van der Waals surface area contributed by atoms with Crippen LogP contribution < -0.4 is 5.73 Å². The van der Waals surface area contributed by atoms with Crippen molar-refractivity contribution in [3.05, 3.63) is 34.9 Å². The lowest BCUT2D eigenvalue weighted by Gasteiger charge is -2.28. The zero-order valence-electron chi connectivity index (χ0n) is 8.66. The molecule has 1 heterocycles. The van der Waals surface area contributed by atoms with E-state index in [9.17, 15) is 0 Å². The van der Waals surface area contributed by atoms with Gasteiger partial charge in [0.15, 0.2) is 0 Å². The highest BCUT2D eigenvalue weighted by Crippen LogP contribution is 2.25. The van der Waals surface area contributed by atoms with Gasteiger partial charge < -0.3 is 5.73 Å². The summed E-state index contributed by atoms with van der Waals surface area (Å²) >= 11 is 7.88. The van der Waals surface area contributed by atoms with E-state index in [2.05, 4.69) is 12.1 Å². The van der Waals surface area contributed by atoms with Crippen molar-refractivity contribution in [3.8, 4) is 0 Å². The zero-order chi connectivity index (χ0) is 10.7. The molecule has 0 amide bonds. The molecule has 0 bridgehead atoms. The Kier molecular flexibility index (Phi) is 3.95. The van der Waals surface area contributed by atoms with Crippen LogP contribution in [0.3, 0.4) is 0 Å². The molecule has 82 valence electrons. The van der Waals surface area contributed by atoms with E-state index >= 15 is 0 Å². The number of hydrogen-bond donors (Lipinski definition) is 1. The molecule has 1 fully saturated rings. The van der Waals surface area contributed by atoms with Gasteiger partial charge in [0.2, 0.25) is 0 Å². The predicted molar refractivity (Wildman–Crippen MR) is 68.6 cm³/mol. The number of hydrogen-bond acceptors (Lipinski definition) is 2. The molecule has 15 heavy (non-hydrogen) atoms. The minimum Gasteiger partial charge on any atom is -0.327 e. The number of benzene rings is 1. The fraction of sp³-hybridized carbons (Fsp3) is 0.500. The highest BCUT2D eigenvalue weighted by atomic mass is 35.5. The highest BCUT2D eigenvalue weighted by molar-refractivity contribution is 7.99. The number of halogens is 1. The van der Waals surface area contributed by atoms with Gasteiger partial charge in [-0.1, -0.05) is 23.7 Å². The fourth-order valence-electron chi connectivity index (χ4n) is 1.95. The van der Waals surface area contributed by atoms with Crippen LogP contribution in [0.4, 0.5) is 0 Å². The Morgan fingerprint density at radius 1 is 1.33 bits per heavy atom. The molecule has 2 atom stereocenters. The van der Waals surface area contributed by atoms with E-state index in [0.717, 1.165) is 17.9 Å². The van der Waals surface area contributed by atoms with Crippen LogP contribution in [-0.4, -0.2) is 17.5 Å². The Labute approximate surface area is 100 Å². The lowest BCUT2D eigenvalue weighted by Crippen LogP contribution is -2.36. The first kappa shape index (κ1) is 11.3. The van der Waals surface area contributed by atoms with Crippen molar-refractivity contribution >= 4 is 23.4 Å². The van der Waals surface area contributed by atoms with E-state index in [1.807, 2.05) is 23.9 Å². The third-order valence-corrected chi connectivity index (χ3v) is 4.38. The van der Waals surface area contributed by atoms with E-state index < -0.39 is 0 Å². The highest BCUT2D eigenvalue weighted by Gasteiger charge is 2.22. The average Bonchev–Trinajstić information content (AvgIpc) is 2.25. The zero-order valence-corrected chi connectivity index (χ0v) is 10.2. The van der Waals surface area contributed by atoms with Crippen LogP contribution in [0.25, 0.3) is 0 Å². The van der Waals surface area contributed by atoms with Crippen molar-refractivity contribution in [3.63, 3.8) is 0 Å². The maximum Gasteiger partial charge on any atom is 0.0406 e. The minimum atomic E-state index is 0.377. The SMILES string of the molecule is NC1CCSCC1Cc1ccc(Cl)cc1. The Morgan fingerprint density at radius 3 is 2.73 bits per heavy atom. The van der Waals surface area contributed by atoms with Gasteiger partial charge in [-0.3, -0.25) is 0 Å². The summed E-state index contributed by atoms with van der Waals surface area (Å²) in [6.07, 6.45) is 2.24. The molecule has 1 aromatic rings. The van der Waals surface area contributed by atoms with Gasteiger partial charge in [0.25, 0.3) is 0 Å². The molecule has 1 aliphatic heterocycles. The quantitative estimate of drug-likeness (QED) is 0.862. The summed E-state index contributed by atoms with van der Waals surface area (Å²) in [6.45, 7) is 0. The maximum atomic E-state index is 6.12. The molecule has 1 nitrogen and oxygen atoms in total. The first-order valence-electron chi connectivity index (χ1n) is 5.33. The molecule has 0 radical (unpaired) electrons. The number of nitrogens with two attached hydrogens (primary N) is 1. The van der Waals surface area contributed by atoms with Crippen molar-refractivity contribution < 1.29 is 0 Å². The van der Waals surface area contributed by atoms with Crippen molar-refractivity contribution in [1.82, 2.24) is 0 Å². The first-order chi connectivity index (χ1) is 7.25. The smallest absolute Gasteiger partial charge is 0.0406 e. The summed E-state index contributed by atoms with van der Waals surface area (Å²) in [5.41, 5.74) is 7.47. The Hall–Kier alpha value is -0.180. The van der Waals surface area contributed by atoms with Crippen LogP contribution in [0, 0.1) is 5.92 Å². The van der Waals surface area contributed by atoms with Crippen molar-refractivity contribution in [2.75, 3.05) is 11.5 Å². The second-order valence-electron chi connectivity index (χ2n) is 4.12. The summed E-state index contributed by atoms with van der Waals surface area (Å²) in [7, 11) is 0. The molecule has 0 aliphatic carbocycles. The summed E-state index contributed by atoms with van der Waals surface area (Å²) in [5.74, 6) is 3.05. The second-order valence-corrected chi connectivity index (χ2v) is 5.70.